The van der Waals surface area contributed by atoms with Crippen LogP contribution in [0.25, 0.3) is 6.08 Å². The van der Waals surface area contributed by atoms with Crippen molar-refractivity contribution in [2.45, 2.75) is 59.7 Å². The Balaban J connectivity index is 2.98. The van der Waals surface area contributed by atoms with Crippen LogP contribution in [-0.4, -0.2) is 40.8 Å². The molecule has 0 atom stereocenters. The Morgan fingerprint density at radius 2 is 1.57 bits per heavy atom. The largest absolute Gasteiger partial charge is 0.444 e. The summed E-state index contributed by atoms with van der Waals surface area (Å²) in [5, 5.41) is 10.5. The maximum absolute atomic E-state index is 12.6. The molecule has 1 aromatic rings. The number of guanidine groups is 1. The maximum Gasteiger partial charge on any atom is 0.417 e. The van der Waals surface area contributed by atoms with E-state index in [2.05, 4.69) is 5.32 Å². The lowest BCUT2D eigenvalue weighted by atomic mass is 10.1. The van der Waals surface area contributed by atoms with Crippen LogP contribution in [0.3, 0.4) is 0 Å². The minimum Gasteiger partial charge on any atom is -0.444 e. The number of benzene rings is 1. The van der Waals surface area contributed by atoms with E-state index in [0.29, 0.717) is 0 Å². The maximum atomic E-state index is 12.6. The molecule has 0 unspecified atom stereocenters. The van der Waals surface area contributed by atoms with Crippen molar-refractivity contribution in [2.24, 2.45) is 0 Å². The van der Waals surface area contributed by atoms with E-state index in [0.717, 1.165) is 16.0 Å². The number of carbonyl (C=O) groups excluding carboxylic acids is 2. The standard InChI is InChI=1S/C21H31N3O4/c1-15(13-16-11-9-8-10-12-16)14-24(19(26)28-21(5,6)7)17(22)23-18(25)27-20(2,3)4/h8-13H,14H2,1-7H3,(H2,22,23,25)/b15-13+. The Morgan fingerprint density at radius 1 is 1.04 bits per heavy atom. The normalized spacial score (nSPS) is 12.2. The molecule has 7 heteroatoms. The average Bonchev–Trinajstić information content (AvgIpc) is 2.49. The van der Waals surface area contributed by atoms with Gasteiger partial charge in [-0.3, -0.25) is 10.7 Å². The third-order valence-corrected chi connectivity index (χ3v) is 3.12. The number of nitrogens with zero attached hydrogens (tertiary/aromatic N) is 1. The lowest BCUT2D eigenvalue weighted by Crippen LogP contribution is -2.49. The number of hydrogen-bond donors (Lipinski definition) is 2. The monoisotopic (exact) mass is 389 g/mol. The Kier molecular flexibility index (Phi) is 7.78. The average molecular weight is 389 g/mol. The number of amides is 2. The molecule has 2 amide bonds. The molecule has 28 heavy (non-hydrogen) atoms. The number of rotatable bonds is 3. The van der Waals surface area contributed by atoms with Crippen LogP contribution in [0.1, 0.15) is 54.0 Å². The molecule has 1 aromatic carbocycles. The van der Waals surface area contributed by atoms with Gasteiger partial charge in [0, 0.05) is 0 Å². The summed E-state index contributed by atoms with van der Waals surface area (Å²) < 4.78 is 10.5. The molecule has 154 valence electrons. The summed E-state index contributed by atoms with van der Waals surface area (Å²) in [6.07, 6.45) is 0.364. The van der Waals surface area contributed by atoms with Gasteiger partial charge in [-0.1, -0.05) is 42.0 Å². The van der Waals surface area contributed by atoms with E-state index < -0.39 is 29.3 Å². The predicted molar refractivity (Wildman–Crippen MR) is 110 cm³/mol. The summed E-state index contributed by atoms with van der Waals surface area (Å²) in [7, 11) is 0. The van der Waals surface area contributed by atoms with Crippen LogP contribution in [0, 0.1) is 5.41 Å². The van der Waals surface area contributed by atoms with Crippen LogP contribution in [0.5, 0.6) is 0 Å². The van der Waals surface area contributed by atoms with Gasteiger partial charge in [-0.2, -0.15) is 0 Å². The third-order valence-electron chi connectivity index (χ3n) is 3.12. The second-order valence-electron chi connectivity index (χ2n) is 8.44. The van der Waals surface area contributed by atoms with E-state index in [1.54, 1.807) is 41.5 Å². The zero-order chi connectivity index (χ0) is 21.5. The van der Waals surface area contributed by atoms with Crippen LogP contribution in [0.2, 0.25) is 0 Å². The molecule has 2 N–H and O–H groups in total. The topological polar surface area (TPSA) is 91.7 Å². The van der Waals surface area contributed by atoms with Gasteiger partial charge in [-0.25, -0.2) is 14.5 Å². The summed E-state index contributed by atoms with van der Waals surface area (Å²) in [6.45, 7) is 12.3. The molecule has 0 saturated heterocycles. The Morgan fingerprint density at radius 3 is 2.07 bits per heavy atom. The predicted octanol–water partition coefficient (Wildman–Crippen LogP) is 4.79. The summed E-state index contributed by atoms with van der Waals surface area (Å²) in [5.41, 5.74) is 0.326. The third kappa shape index (κ3) is 9.21. The summed E-state index contributed by atoms with van der Waals surface area (Å²) in [4.78, 5) is 25.6. The highest BCUT2D eigenvalue weighted by atomic mass is 16.6. The van der Waals surface area contributed by atoms with Crippen molar-refractivity contribution < 1.29 is 19.1 Å². The Labute approximate surface area is 167 Å². The minimum atomic E-state index is -0.809. The highest BCUT2D eigenvalue weighted by molar-refractivity contribution is 6.00. The first-order valence-corrected chi connectivity index (χ1v) is 9.08. The molecule has 0 bridgehead atoms. The molecule has 0 spiro atoms. The van der Waals surface area contributed by atoms with Gasteiger partial charge in [0.25, 0.3) is 0 Å². The van der Waals surface area contributed by atoms with E-state index in [4.69, 9.17) is 14.9 Å². The van der Waals surface area contributed by atoms with Crippen LogP contribution >= 0.6 is 0 Å². The molecule has 0 heterocycles. The first kappa shape index (κ1) is 23.2. The van der Waals surface area contributed by atoms with Crippen molar-refractivity contribution in [3.63, 3.8) is 0 Å². The van der Waals surface area contributed by atoms with Crippen LogP contribution in [0.4, 0.5) is 9.59 Å². The fraction of sp³-hybridized carbons (Fsp3) is 0.476. The smallest absolute Gasteiger partial charge is 0.417 e. The first-order valence-electron chi connectivity index (χ1n) is 9.08. The molecular formula is C21H31N3O4. The highest BCUT2D eigenvalue weighted by Crippen LogP contribution is 2.13. The van der Waals surface area contributed by atoms with Crippen LogP contribution < -0.4 is 5.32 Å². The number of carbonyl (C=O) groups is 2. The highest BCUT2D eigenvalue weighted by Gasteiger charge is 2.27. The summed E-state index contributed by atoms with van der Waals surface area (Å²) in [5.74, 6) is -0.413. The van der Waals surface area contributed by atoms with Gasteiger partial charge < -0.3 is 9.47 Å². The second kappa shape index (κ2) is 9.39. The van der Waals surface area contributed by atoms with Gasteiger partial charge in [0.05, 0.1) is 6.54 Å². The van der Waals surface area contributed by atoms with Crippen molar-refractivity contribution in [2.75, 3.05) is 6.54 Å². The van der Waals surface area contributed by atoms with Crippen molar-refractivity contribution >= 4 is 24.2 Å². The molecule has 0 aliphatic heterocycles. The number of nitrogens with one attached hydrogen (secondary N) is 2. The fourth-order valence-corrected chi connectivity index (χ4v) is 2.15. The van der Waals surface area contributed by atoms with Gasteiger partial charge in [0.15, 0.2) is 0 Å². The minimum absolute atomic E-state index is 0.0818. The Bertz CT molecular complexity index is 728. The van der Waals surface area contributed by atoms with Gasteiger partial charge in [-0.05, 0) is 54.0 Å². The molecule has 1 rings (SSSR count). The van der Waals surface area contributed by atoms with E-state index in [-0.39, 0.29) is 6.54 Å². The van der Waals surface area contributed by atoms with Gasteiger partial charge in [0.1, 0.15) is 11.2 Å². The molecule has 0 radical (unpaired) electrons. The summed E-state index contributed by atoms with van der Waals surface area (Å²) >= 11 is 0. The van der Waals surface area contributed by atoms with Gasteiger partial charge in [-0.15, -0.1) is 0 Å². The van der Waals surface area contributed by atoms with Crippen LogP contribution in [0.15, 0.2) is 35.9 Å². The van der Waals surface area contributed by atoms with Crippen molar-refractivity contribution in [1.29, 1.82) is 5.41 Å². The molecule has 0 fully saturated rings. The molecule has 0 aliphatic carbocycles. The van der Waals surface area contributed by atoms with Crippen molar-refractivity contribution in [3.05, 3.63) is 41.5 Å². The SMILES string of the molecule is C/C(=C\c1ccccc1)CN(C(=N)NC(=O)OC(C)(C)C)C(=O)OC(C)(C)C. The van der Waals surface area contributed by atoms with E-state index >= 15 is 0 Å². The Hall–Kier alpha value is -2.83. The van der Waals surface area contributed by atoms with Crippen LogP contribution in [-0.2, 0) is 9.47 Å². The van der Waals surface area contributed by atoms with Gasteiger partial charge in [0.2, 0.25) is 5.96 Å². The summed E-state index contributed by atoms with van der Waals surface area (Å²) in [6, 6.07) is 9.62. The van der Waals surface area contributed by atoms with Crippen molar-refractivity contribution in [1.82, 2.24) is 10.2 Å². The molecule has 0 aromatic heterocycles. The molecule has 7 nitrogen and oxygen atoms in total. The lowest BCUT2D eigenvalue weighted by molar-refractivity contribution is 0.0369. The number of alkyl carbamates (subject to hydrolysis) is 1. The zero-order valence-electron chi connectivity index (χ0n) is 17.8. The number of hydrogen-bond acceptors (Lipinski definition) is 5. The lowest BCUT2D eigenvalue weighted by Gasteiger charge is -2.28. The first-order chi connectivity index (χ1) is 12.8. The molecule has 0 saturated carbocycles. The second-order valence-corrected chi connectivity index (χ2v) is 8.44. The molecule has 0 aliphatic rings. The quantitative estimate of drug-likeness (QED) is 0.574. The zero-order valence-corrected chi connectivity index (χ0v) is 17.8. The van der Waals surface area contributed by atoms with E-state index in [1.807, 2.05) is 43.3 Å². The molecular weight excluding hydrogens is 358 g/mol. The van der Waals surface area contributed by atoms with E-state index in [9.17, 15) is 9.59 Å². The van der Waals surface area contributed by atoms with Crippen molar-refractivity contribution in [3.8, 4) is 0 Å². The fourth-order valence-electron chi connectivity index (χ4n) is 2.15. The van der Waals surface area contributed by atoms with Gasteiger partial charge >= 0.3 is 12.2 Å². The number of ether oxygens (including phenoxy) is 2. The van der Waals surface area contributed by atoms with E-state index in [1.165, 1.54) is 0 Å².